The second-order valence-electron chi connectivity index (χ2n) is 9.60. The van der Waals surface area contributed by atoms with E-state index in [1.165, 1.54) is 12.1 Å². The number of carboxylic acids is 2. The van der Waals surface area contributed by atoms with Crippen molar-refractivity contribution in [2.24, 2.45) is 0 Å². The smallest absolute Gasteiger partial charge is 0.335 e. The summed E-state index contributed by atoms with van der Waals surface area (Å²) in [6, 6.07) is 21.6. The van der Waals surface area contributed by atoms with E-state index >= 15 is 0 Å². The van der Waals surface area contributed by atoms with Crippen LogP contribution in [0, 0.1) is 0 Å². The Morgan fingerprint density at radius 2 is 1.43 bits per heavy atom. The van der Waals surface area contributed by atoms with Crippen LogP contribution in [0.15, 0.2) is 82.6 Å². The molecule has 4 rings (SSSR count). The monoisotopic (exact) mass is 620 g/mol. The Kier molecular flexibility index (Phi) is 11.3. The number of aliphatic hydroxyl groups excluding tert-OH is 2. The molecule has 226 valence electrons. The number of carboxylic acid groups (broad SMARTS) is 2. The average Bonchev–Trinajstić information content (AvgIpc) is 2.98. The minimum atomic E-state index is -3.71. The number of anilines is 2. The molecule has 0 bridgehead atoms. The first kappa shape index (κ1) is 32.8. The third-order valence-corrected chi connectivity index (χ3v) is 8.76. The fourth-order valence-electron chi connectivity index (χ4n) is 4.43. The fourth-order valence-corrected chi connectivity index (χ4v) is 5.84. The molecule has 1 aliphatic rings. The van der Waals surface area contributed by atoms with Crippen molar-refractivity contribution in [2.75, 3.05) is 32.1 Å². The van der Waals surface area contributed by atoms with Gasteiger partial charge in [0.1, 0.15) is 5.75 Å². The van der Waals surface area contributed by atoms with E-state index in [2.05, 4.69) is 29.0 Å². The van der Waals surface area contributed by atoms with Crippen molar-refractivity contribution in [2.45, 2.75) is 40.9 Å². The van der Waals surface area contributed by atoms with Gasteiger partial charge >= 0.3 is 11.9 Å². The van der Waals surface area contributed by atoms with E-state index in [0.29, 0.717) is 10.8 Å². The minimum absolute atomic E-state index is 0.212. The first-order valence-electron chi connectivity index (χ1n) is 12.9. The molecule has 2 atom stereocenters. The van der Waals surface area contributed by atoms with E-state index in [4.69, 9.17) is 36.8 Å². The Hall–Kier alpha value is -3.68. The molecule has 2 unspecified atom stereocenters. The summed E-state index contributed by atoms with van der Waals surface area (Å²) in [5.74, 6) is -2.90. The molecule has 0 spiro atoms. The number of hydrogen-bond donors (Lipinski definition) is 4. The van der Waals surface area contributed by atoms with Crippen LogP contribution in [0.25, 0.3) is 0 Å². The van der Waals surface area contributed by atoms with Crippen LogP contribution in [0.4, 0.5) is 11.4 Å². The lowest BCUT2D eigenvalue weighted by atomic mass is 10.0. The van der Waals surface area contributed by atoms with E-state index in [-0.39, 0.29) is 15.8 Å². The third-order valence-electron chi connectivity index (χ3n) is 6.74. The number of halogens is 1. The summed E-state index contributed by atoms with van der Waals surface area (Å²) < 4.78 is 32.4. The van der Waals surface area contributed by atoms with Gasteiger partial charge in [0.05, 0.1) is 22.6 Å². The van der Waals surface area contributed by atoms with Crippen molar-refractivity contribution >= 4 is 44.8 Å². The predicted molar refractivity (Wildman–Crippen MR) is 156 cm³/mol. The maximum absolute atomic E-state index is 13.4. The second-order valence-corrected chi connectivity index (χ2v) is 12.0. The van der Waals surface area contributed by atoms with Gasteiger partial charge in [0.2, 0.25) is 9.84 Å². The van der Waals surface area contributed by atoms with Crippen LogP contribution >= 0.6 is 11.6 Å². The van der Waals surface area contributed by atoms with Crippen molar-refractivity contribution in [3.05, 3.63) is 77.8 Å². The lowest BCUT2D eigenvalue weighted by Gasteiger charge is -2.39. The quantitative estimate of drug-likeness (QED) is 0.277. The van der Waals surface area contributed by atoms with Crippen molar-refractivity contribution in [3.63, 3.8) is 0 Å². The SMILES string of the molecule is COc1ccc(S(=O)(=O)c2ccc(Cl)cc2)cc1N(c1ccccc1)C1CCN(C)CC1.O=C(O)C(O)C(O)C(=O)O. The molecule has 13 heteroatoms. The van der Waals surface area contributed by atoms with Crippen LogP contribution in [-0.2, 0) is 19.4 Å². The highest BCUT2D eigenvalue weighted by Gasteiger charge is 2.30. The molecule has 42 heavy (non-hydrogen) atoms. The number of hydrogen-bond acceptors (Lipinski definition) is 9. The molecular formula is C29H33ClN2O9S. The average molecular weight is 621 g/mol. The number of ether oxygens (including phenoxy) is 1. The molecule has 3 aromatic rings. The van der Waals surface area contributed by atoms with Crippen LogP contribution in [0.3, 0.4) is 0 Å². The Morgan fingerprint density at radius 1 is 0.905 bits per heavy atom. The van der Waals surface area contributed by atoms with Gasteiger partial charge in [-0.25, -0.2) is 18.0 Å². The van der Waals surface area contributed by atoms with Crippen LogP contribution in [-0.4, -0.2) is 91.2 Å². The Bertz CT molecular complexity index is 1440. The summed E-state index contributed by atoms with van der Waals surface area (Å²) in [6.45, 7) is 1.97. The van der Waals surface area contributed by atoms with Gasteiger partial charge in [-0.15, -0.1) is 0 Å². The summed E-state index contributed by atoms with van der Waals surface area (Å²) in [4.78, 5) is 24.5. The van der Waals surface area contributed by atoms with E-state index in [9.17, 15) is 18.0 Å². The fraction of sp³-hybridized carbons (Fsp3) is 0.310. The Balaban J connectivity index is 0.000000416. The first-order valence-corrected chi connectivity index (χ1v) is 14.8. The van der Waals surface area contributed by atoms with Gasteiger partial charge in [0, 0.05) is 16.8 Å². The van der Waals surface area contributed by atoms with Gasteiger partial charge in [-0.2, -0.15) is 0 Å². The topological polar surface area (TPSA) is 165 Å². The highest BCUT2D eigenvalue weighted by atomic mass is 35.5. The van der Waals surface area contributed by atoms with Gasteiger partial charge < -0.3 is 35.0 Å². The summed E-state index contributed by atoms with van der Waals surface area (Å²) in [6.07, 6.45) is -2.58. The molecule has 1 aliphatic heterocycles. The number of carbonyl (C=O) groups is 2. The maximum Gasteiger partial charge on any atom is 0.335 e. The highest BCUT2D eigenvalue weighted by molar-refractivity contribution is 7.91. The largest absolute Gasteiger partial charge is 0.495 e. The molecule has 1 saturated heterocycles. The van der Waals surface area contributed by atoms with Crippen molar-refractivity contribution in [1.82, 2.24) is 4.90 Å². The van der Waals surface area contributed by atoms with Crippen molar-refractivity contribution in [1.29, 1.82) is 0 Å². The normalized spacial score (nSPS) is 15.5. The molecule has 1 fully saturated rings. The number of para-hydroxylation sites is 1. The molecule has 0 radical (unpaired) electrons. The number of aliphatic hydroxyl groups is 2. The van der Waals surface area contributed by atoms with Gasteiger partial charge in [0.25, 0.3) is 0 Å². The summed E-state index contributed by atoms with van der Waals surface area (Å²) in [7, 11) is 0.0355. The summed E-state index contributed by atoms with van der Waals surface area (Å²) in [5.41, 5.74) is 1.77. The summed E-state index contributed by atoms with van der Waals surface area (Å²) >= 11 is 5.96. The lowest BCUT2D eigenvalue weighted by molar-refractivity contribution is -0.165. The molecule has 0 aliphatic carbocycles. The zero-order valence-electron chi connectivity index (χ0n) is 23.0. The number of sulfone groups is 1. The number of methoxy groups -OCH3 is 1. The molecule has 0 saturated carbocycles. The molecule has 1 heterocycles. The van der Waals surface area contributed by atoms with Gasteiger partial charge in [-0.05, 0) is 87.6 Å². The van der Waals surface area contributed by atoms with Crippen LogP contribution in [0.1, 0.15) is 12.8 Å². The van der Waals surface area contributed by atoms with E-state index in [0.717, 1.165) is 37.3 Å². The van der Waals surface area contributed by atoms with Crippen LogP contribution < -0.4 is 9.64 Å². The molecule has 0 amide bonds. The Labute approximate surface area is 249 Å². The van der Waals surface area contributed by atoms with E-state index in [1.54, 1.807) is 37.4 Å². The lowest BCUT2D eigenvalue weighted by Crippen LogP contribution is -2.41. The van der Waals surface area contributed by atoms with E-state index in [1.807, 2.05) is 18.2 Å². The van der Waals surface area contributed by atoms with Crippen molar-refractivity contribution in [3.8, 4) is 5.75 Å². The van der Waals surface area contributed by atoms with Crippen LogP contribution in [0.5, 0.6) is 5.75 Å². The number of aliphatic carboxylic acids is 2. The third kappa shape index (κ3) is 7.99. The molecular weight excluding hydrogens is 588 g/mol. The molecule has 4 N–H and O–H groups in total. The number of benzene rings is 3. The molecule has 11 nitrogen and oxygen atoms in total. The minimum Gasteiger partial charge on any atom is -0.495 e. The number of nitrogens with zero attached hydrogens (tertiary/aromatic N) is 2. The van der Waals surface area contributed by atoms with E-state index < -0.39 is 34.0 Å². The number of rotatable bonds is 9. The first-order chi connectivity index (χ1) is 19.9. The van der Waals surface area contributed by atoms with Crippen LogP contribution in [0.2, 0.25) is 5.02 Å². The standard InChI is InChI=1S/C25H27ClN2O3S.C4H6O6/c1-27-16-14-21(15-17-27)28(20-6-4-3-5-7-20)24-18-23(12-13-25(24)31-2)32(29,30)22-10-8-19(26)9-11-22;5-1(3(7)8)2(6)4(9)10/h3-13,18,21H,14-17H2,1-2H3;1-2,5-6H,(H,7,8)(H,9,10). The van der Waals surface area contributed by atoms with Gasteiger partial charge in [-0.1, -0.05) is 29.8 Å². The Morgan fingerprint density at radius 3 is 1.93 bits per heavy atom. The molecule has 0 aromatic heterocycles. The molecule has 3 aromatic carbocycles. The zero-order valence-corrected chi connectivity index (χ0v) is 24.6. The second kappa shape index (κ2) is 14.5. The summed E-state index contributed by atoms with van der Waals surface area (Å²) in [5, 5.41) is 33.0. The predicted octanol–water partition coefficient (Wildman–Crippen LogP) is 3.29. The maximum atomic E-state index is 13.4. The van der Waals surface area contributed by atoms with Crippen molar-refractivity contribution < 1.29 is 43.2 Å². The number of piperidine rings is 1. The zero-order chi connectivity index (χ0) is 31.0. The van der Waals surface area contributed by atoms with Gasteiger partial charge in [-0.3, -0.25) is 0 Å². The van der Waals surface area contributed by atoms with Gasteiger partial charge in [0.15, 0.2) is 12.2 Å². The number of likely N-dealkylation sites (tertiary alicyclic amines) is 1. The highest BCUT2D eigenvalue weighted by Crippen LogP contribution is 2.40.